The van der Waals surface area contributed by atoms with Crippen LogP contribution in [0.15, 0.2) is 48.2 Å². The van der Waals surface area contributed by atoms with Crippen LogP contribution < -0.4 is 10.6 Å². The Morgan fingerprint density at radius 3 is 2.36 bits per heavy atom. The van der Waals surface area contributed by atoms with Gasteiger partial charge in [-0.3, -0.25) is 19.3 Å². The molecule has 1 heterocycles. The molecule has 2 aromatic carbocycles. The molecule has 0 bridgehead atoms. The molecule has 2 N–H and O–H groups in total. The lowest BCUT2D eigenvalue weighted by Crippen LogP contribution is -2.34. The van der Waals surface area contributed by atoms with Crippen molar-refractivity contribution in [3.63, 3.8) is 0 Å². The maximum atomic E-state index is 13.4. The van der Waals surface area contributed by atoms with E-state index in [1.165, 1.54) is 11.8 Å². The number of nitrogens with zero attached hydrogens (tertiary/aromatic N) is 1. The number of carbonyl (C=O) groups excluding carboxylic acids is 3. The summed E-state index contributed by atoms with van der Waals surface area (Å²) in [5.74, 6) is -0.878. The summed E-state index contributed by atoms with van der Waals surface area (Å²) in [6.45, 7) is 10.0. The number of carbonyl (C=O) groups is 3. The monoisotopic (exact) mass is 449 g/mol. The van der Waals surface area contributed by atoms with Crippen molar-refractivity contribution in [2.75, 3.05) is 23.8 Å². The minimum Gasteiger partial charge on any atom is -0.379 e. The number of aryl methyl sites for hydroxylation is 1. The molecule has 0 spiro atoms. The van der Waals surface area contributed by atoms with Crippen molar-refractivity contribution in [3.05, 3.63) is 64.9 Å². The van der Waals surface area contributed by atoms with Gasteiger partial charge >= 0.3 is 0 Å². The Morgan fingerprint density at radius 1 is 1.03 bits per heavy atom. The lowest BCUT2D eigenvalue weighted by molar-refractivity contribution is -0.137. The number of amides is 3. The molecule has 2 aromatic rings. The zero-order valence-corrected chi connectivity index (χ0v) is 19.8. The largest absolute Gasteiger partial charge is 0.379 e. The minimum absolute atomic E-state index is 0.0901. The molecule has 1 aliphatic rings. The van der Waals surface area contributed by atoms with E-state index in [1.54, 1.807) is 24.3 Å². The second-order valence-corrected chi connectivity index (χ2v) is 8.42. The van der Waals surface area contributed by atoms with Crippen molar-refractivity contribution < 1.29 is 19.1 Å². The van der Waals surface area contributed by atoms with Crippen LogP contribution >= 0.6 is 0 Å². The molecule has 0 aliphatic carbocycles. The number of hydrogen-bond donors (Lipinski definition) is 2. The molecule has 0 fully saturated rings. The maximum Gasteiger partial charge on any atom is 0.278 e. The highest BCUT2D eigenvalue weighted by Gasteiger charge is 2.39. The van der Waals surface area contributed by atoms with Gasteiger partial charge in [0.1, 0.15) is 5.70 Å². The fourth-order valence-electron chi connectivity index (χ4n) is 3.65. The number of imide groups is 1. The van der Waals surface area contributed by atoms with Gasteiger partial charge in [0.05, 0.1) is 11.7 Å². The van der Waals surface area contributed by atoms with E-state index < -0.39 is 0 Å². The number of ether oxygens (including phenoxy) is 1. The summed E-state index contributed by atoms with van der Waals surface area (Å²) in [6, 6.07) is 12.7. The van der Waals surface area contributed by atoms with Gasteiger partial charge < -0.3 is 15.4 Å². The summed E-state index contributed by atoms with van der Waals surface area (Å²) in [5, 5.41) is 5.94. The van der Waals surface area contributed by atoms with Crippen molar-refractivity contribution in [1.29, 1.82) is 0 Å². The van der Waals surface area contributed by atoms with Gasteiger partial charge in [-0.15, -0.1) is 0 Å². The van der Waals surface area contributed by atoms with Crippen LogP contribution in [0.4, 0.5) is 11.4 Å². The van der Waals surface area contributed by atoms with Gasteiger partial charge in [0.2, 0.25) is 5.91 Å². The Balaban J connectivity index is 1.94. The molecule has 174 valence electrons. The van der Waals surface area contributed by atoms with Crippen molar-refractivity contribution >= 4 is 34.7 Å². The molecule has 1 aliphatic heterocycles. The summed E-state index contributed by atoms with van der Waals surface area (Å²) < 4.78 is 5.57. The first kappa shape index (κ1) is 24.2. The van der Waals surface area contributed by atoms with Crippen LogP contribution in [0.25, 0.3) is 5.57 Å². The van der Waals surface area contributed by atoms with E-state index in [0.717, 1.165) is 16.8 Å². The lowest BCUT2D eigenvalue weighted by Gasteiger charge is -2.16. The fraction of sp³-hybridized carbons (Fsp3) is 0.346. The maximum absolute atomic E-state index is 13.4. The molecule has 0 aromatic heterocycles. The average molecular weight is 450 g/mol. The van der Waals surface area contributed by atoms with Crippen LogP contribution in [0.3, 0.4) is 0 Å². The molecule has 7 heteroatoms. The van der Waals surface area contributed by atoms with E-state index >= 15 is 0 Å². The van der Waals surface area contributed by atoms with Gasteiger partial charge in [0.25, 0.3) is 11.8 Å². The highest BCUT2D eigenvalue weighted by atomic mass is 16.5. The molecule has 33 heavy (non-hydrogen) atoms. The summed E-state index contributed by atoms with van der Waals surface area (Å²) in [4.78, 5) is 39.3. The summed E-state index contributed by atoms with van der Waals surface area (Å²) in [7, 11) is 0. The fourth-order valence-corrected chi connectivity index (χ4v) is 3.65. The first-order valence-electron chi connectivity index (χ1n) is 11.1. The Hall–Kier alpha value is -3.45. The quantitative estimate of drug-likeness (QED) is 0.441. The van der Waals surface area contributed by atoms with Gasteiger partial charge in [0, 0.05) is 31.5 Å². The van der Waals surface area contributed by atoms with E-state index in [1.807, 2.05) is 45.9 Å². The molecular formula is C26H31N3O4. The Kier molecular flexibility index (Phi) is 7.66. The highest BCUT2D eigenvalue weighted by molar-refractivity contribution is 6.36. The van der Waals surface area contributed by atoms with Crippen LogP contribution in [-0.4, -0.2) is 41.9 Å². The summed E-state index contributed by atoms with van der Waals surface area (Å²) in [6.07, 6.45) is 0.647. The van der Waals surface area contributed by atoms with Crippen LogP contribution in [0.5, 0.6) is 0 Å². The minimum atomic E-state index is -0.355. The SMILES string of the molecule is CC(=O)Nc1ccc(C2=C(Nc3cccc(C)c3C)C(=O)N(CCCOC(C)C)C2=O)cc1. The van der Waals surface area contributed by atoms with Gasteiger partial charge in [-0.2, -0.15) is 0 Å². The highest BCUT2D eigenvalue weighted by Crippen LogP contribution is 2.32. The van der Waals surface area contributed by atoms with Gasteiger partial charge in [0.15, 0.2) is 0 Å². The Labute approximate surface area is 194 Å². The number of nitrogens with one attached hydrogen (secondary N) is 2. The third-order valence-corrected chi connectivity index (χ3v) is 5.50. The zero-order chi connectivity index (χ0) is 24.1. The normalized spacial score (nSPS) is 13.8. The predicted octanol–water partition coefficient (Wildman–Crippen LogP) is 4.27. The second-order valence-electron chi connectivity index (χ2n) is 8.42. The molecule has 3 rings (SSSR count). The van der Waals surface area contributed by atoms with Crippen LogP contribution in [-0.2, 0) is 19.1 Å². The third kappa shape index (κ3) is 5.68. The first-order chi connectivity index (χ1) is 15.7. The standard InChI is InChI=1S/C26H31N3O4/c1-16(2)33-15-7-14-29-25(31)23(20-10-12-21(13-11-20)27-19(5)30)24(26(29)32)28-22-9-6-8-17(3)18(22)4/h6,8-13,16,28H,7,14-15H2,1-5H3,(H,27,30). The van der Waals surface area contributed by atoms with E-state index in [9.17, 15) is 14.4 Å². The predicted molar refractivity (Wildman–Crippen MR) is 130 cm³/mol. The molecular weight excluding hydrogens is 418 g/mol. The molecule has 7 nitrogen and oxygen atoms in total. The number of anilines is 2. The molecule has 0 radical (unpaired) electrons. The zero-order valence-electron chi connectivity index (χ0n) is 19.8. The summed E-state index contributed by atoms with van der Waals surface area (Å²) >= 11 is 0. The third-order valence-electron chi connectivity index (χ3n) is 5.50. The second kappa shape index (κ2) is 10.4. The van der Waals surface area contributed by atoms with Crippen LogP contribution in [0, 0.1) is 13.8 Å². The molecule has 0 atom stereocenters. The molecule has 0 saturated carbocycles. The van der Waals surface area contributed by atoms with Crippen molar-refractivity contribution in [1.82, 2.24) is 4.90 Å². The van der Waals surface area contributed by atoms with Crippen LogP contribution in [0.1, 0.15) is 43.9 Å². The van der Waals surface area contributed by atoms with Crippen LogP contribution in [0.2, 0.25) is 0 Å². The van der Waals surface area contributed by atoms with Crippen molar-refractivity contribution in [3.8, 4) is 0 Å². The summed E-state index contributed by atoms with van der Waals surface area (Å²) in [5.41, 5.74) is 4.68. The number of rotatable bonds is 9. The van der Waals surface area contributed by atoms with Gasteiger partial charge in [-0.25, -0.2) is 0 Å². The van der Waals surface area contributed by atoms with Gasteiger partial charge in [-0.05, 0) is 69.0 Å². The molecule has 3 amide bonds. The van der Waals surface area contributed by atoms with E-state index in [-0.39, 0.29) is 36.1 Å². The molecule has 0 saturated heterocycles. The number of benzene rings is 2. The number of hydrogen-bond acceptors (Lipinski definition) is 5. The molecule has 0 unspecified atom stereocenters. The topological polar surface area (TPSA) is 87.7 Å². The van der Waals surface area contributed by atoms with Gasteiger partial charge in [-0.1, -0.05) is 24.3 Å². The lowest BCUT2D eigenvalue weighted by atomic mass is 10.0. The Morgan fingerprint density at radius 2 is 1.73 bits per heavy atom. The van der Waals surface area contributed by atoms with Crippen molar-refractivity contribution in [2.24, 2.45) is 0 Å². The van der Waals surface area contributed by atoms with E-state index in [0.29, 0.717) is 29.9 Å². The average Bonchev–Trinajstić information content (AvgIpc) is 2.98. The van der Waals surface area contributed by atoms with E-state index in [2.05, 4.69) is 10.6 Å². The Bertz CT molecular complexity index is 1090. The van der Waals surface area contributed by atoms with E-state index in [4.69, 9.17) is 4.74 Å². The first-order valence-corrected chi connectivity index (χ1v) is 11.1. The smallest absolute Gasteiger partial charge is 0.278 e. The van der Waals surface area contributed by atoms with Crippen molar-refractivity contribution in [2.45, 2.75) is 47.1 Å².